The lowest BCUT2D eigenvalue weighted by Crippen LogP contribution is -2.18. The van der Waals surface area contributed by atoms with Crippen LogP contribution >= 0.6 is 0 Å². The number of rotatable bonds is 2. The zero-order valence-electron chi connectivity index (χ0n) is 12.2. The van der Waals surface area contributed by atoms with Crippen LogP contribution in [0.5, 0.6) is 0 Å². The van der Waals surface area contributed by atoms with E-state index in [1.165, 1.54) is 22.9 Å². The first-order valence-corrected chi connectivity index (χ1v) is 7.49. The molecule has 0 fully saturated rings. The fraction of sp³-hybridized carbons (Fsp3) is 0.250. The minimum Gasteiger partial charge on any atom is -0.396 e. The Balaban J connectivity index is 2.12. The van der Waals surface area contributed by atoms with E-state index in [2.05, 4.69) is 15.6 Å². The van der Waals surface area contributed by atoms with Crippen LogP contribution in [0.15, 0.2) is 24.5 Å². The maximum atomic E-state index is 6.15. The van der Waals surface area contributed by atoms with E-state index < -0.39 is 0 Å². The quantitative estimate of drug-likeness (QED) is 0.425. The van der Waals surface area contributed by atoms with Crippen molar-refractivity contribution in [1.29, 1.82) is 0 Å². The molecule has 6 nitrogen and oxygen atoms in total. The third-order valence-electron chi connectivity index (χ3n) is 4.40. The summed E-state index contributed by atoms with van der Waals surface area (Å²) in [6.07, 6.45) is 7.89. The number of nitrogens with two attached hydrogens (primary N) is 2. The van der Waals surface area contributed by atoms with Crippen LogP contribution in [0.2, 0.25) is 0 Å². The van der Waals surface area contributed by atoms with Gasteiger partial charge >= 0.3 is 0 Å². The van der Waals surface area contributed by atoms with E-state index in [1.54, 1.807) is 6.20 Å². The summed E-state index contributed by atoms with van der Waals surface area (Å²) in [4.78, 5) is 4.81. The van der Waals surface area contributed by atoms with Gasteiger partial charge in [0.05, 0.1) is 28.6 Å². The number of nitrogens with zero attached hydrogens (tertiary/aromatic N) is 2. The Bertz CT molecular complexity index is 892. The lowest BCUT2D eigenvalue weighted by Gasteiger charge is -2.21. The second kappa shape index (κ2) is 4.99. The molecule has 1 aliphatic rings. The largest absolute Gasteiger partial charge is 0.396 e. The second-order valence-electron chi connectivity index (χ2n) is 5.68. The molecule has 0 saturated heterocycles. The molecule has 0 radical (unpaired) electrons. The summed E-state index contributed by atoms with van der Waals surface area (Å²) in [7, 11) is 0. The number of pyridine rings is 1. The Morgan fingerprint density at radius 2 is 2.05 bits per heavy atom. The van der Waals surface area contributed by atoms with Crippen LogP contribution in [0.4, 0.5) is 0 Å². The van der Waals surface area contributed by atoms with Gasteiger partial charge in [0.15, 0.2) is 0 Å². The van der Waals surface area contributed by atoms with Gasteiger partial charge in [0, 0.05) is 17.0 Å². The maximum Gasteiger partial charge on any atom is 0.0916 e. The summed E-state index contributed by atoms with van der Waals surface area (Å²) < 4.78 is 0. The predicted octanol–water partition coefficient (Wildman–Crippen LogP) is 1.71. The van der Waals surface area contributed by atoms with E-state index in [-0.39, 0.29) is 0 Å². The van der Waals surface area contributed by atoms with Gasteiger partial charge in [0.1, 0.15) is 0 Å². The lowest BCUT2D eigenvalue weighted by atomic mass is 9.86. The number of fused-ring (bicyclic) bond motifs is 5. The van der Waals surface area contributed by atoms with Gasteiger partial charge in [-0.25, -0.2) is 4.98 Å². The minimum atomic E-state index is 0.579. The Labute approximate surface area is 127 Å². The highest BCUT2D eigenvalue weighted by molar-refractivity contribution is 6.07. The van der Waals surface area contributed by atoms with Crippen molar-refractivity contribution in [3.63, 3.8) is 0 Å². The Morgan fingerprint density at radius 1 is 1.23 bits per heavy atom. The first-order chi connectivity index (χ1) is 10.8. The van der Waals surface area contributed by atoms with Gasteiger partial charge in [-0.05, 0) is 48.9 Å². The monoisotopic (exact) mass is 294 g/mol. The molecule has 0 spiro atoms. The van der Waals surface area contributed by atoms with Crippen molar-refractivity contribution in [2.24, 2.45) is 11.6 Å². The number of H-pyrrole nitrogens is 1. The molecule has 0 amide bonds. The third kappa shape index (κ3) is 1.84. The van der Waals surface area contributed by atoms with Crippen LogP contribution in [0, 0.1) is 0 Å². The van der Waals surface area contributed by atoms with Crippen molar-refractivity contribution in [2.45, 2.75) is 25.7 Å². The van der Waals surface area contributed by atoms with Gasteiger partial charge in [-0.3, -0.25) is 10.9 Å². The molecule has 6 N–H and O–H groups in total. The number of hydrogen-bond donors (Lipinski definition) is 4. The molecule has 6 heteroatoms. The first kappa shape index (κ1) is 13.1. The smallest absolute Gasteiger partial charge is 0.0916 e. The molecular formula is C16H18N6. The fourth-order valence-electron chi connectivity index (χ4n) is 3.44. The molecular weight excluding hydrogens is 276 g/mol. The van der Waals surface area contributed by atoms with Crippen molar-refractivity contribution in [3.8, 4) is 0 Å². The lowest BCUT2D eigenvalue weighted by molar-refractivity contribution is 0.685. The van der Waals surface area contributed by atoms with Crippen molar-refractivity contribution in [3.05, 3.63) is 41.4 Å². The summed E-state index contributed by atoms with van der Waals surface area (Å²) in [5.41, 5.74) is 14.7. The molecule has 0 unspecified atom stereocenters. The van der Waals surface area contributed by atoms with Gasteiger partial charge < -0.3 is 11.2 Å². The fourth-order valence-corrected chi connectivity index (χ4v) is 3.44. The van der Waals surface area contributed by atoms with Gasteiger partial charge in [-0.2, -0.15) is 5.10 Å². The first-order valence-electron chi connectivity index (χ1n) is 7.49. The highest BCUT2D eigenvalue weighted by Crippen LogP contribution is 2.35. The average molecular weight is 294 g/mol. The van der Waals surface area contributed by atoms with Crippen molar-refractivity contribution < 1.29 is 0 Å². The van der Waals surface area contributed by atoms with Crippen LogP contribution in [0.25, 0.3) is 27.5 Å². The van der Waals surface area contributed by atoms with Gasteiger partial charge in [0.2, 0.25) is 0 Å². The molecule has 0 aliphatic heterocycles. The SMILES string of the molecule is NN/C=C(\N)c1nc2ccc3[nH]ncc3c2c2c1CCCC2. The summed E-state index contributed by atoms with van der Waals surface area (Å²) in [6, 6.07) is 4.04. The second-order valence-corrected chi connectivity index (χ2v) is 5.68. The number of hydrogen-bond acceptors (Lipinski definition) is 5. The number of hydrazine groups is 1. The molecule has 2 aromatic heterocycles. The van der Waals surface area contributed by atoms with Gasteiger partial charge in [0.25, 0.3) is 0 Å². The molecule has 0 atom stereocenters. The molecule has 0 saturated carbocycles. The molecule has 1 aromatic carbocycles. The van der Waals surface area contributed by atoms with E-state index in [0.29, 0.717) is 5.70 Å². The average Bonchev–Trinajstić information content (AvgIpc) is 3.02. The summed E-state index contributed by atoms with van der Waals surface area (Å²) >= 11 is 0. The molecule has 3 aromatic rings. The standard InChI is InChI=1S/C16H18N6/c17-12(8-19-18)16-10-4-2-1-3-9(10)15-11-7-20-22-13(11)5-6-14(15)21-16/h5-8,19H,1-4,17-18H2,(H,20,22)/b12-8-. The normalized spacial score (nSPS) is 15.2. The molecule has 0 bridgehead atoms. The van der Waals surface area contributed by atoms with E-state index in [0.717, 1.165) is 41.4 Å². The number of aromatic amines is 1. The summed E-state index contributed by atoms with van der Waals surface area (Å²) in [5, 5.41) is 9.55. The third-order valence-corrected chi connectivity index (χ3v) is 4.40. The Morgan fingerprint density at radius 3 is 2.86 bits per heavy atom. The van der Waals surface area contributed by atoms with E-state index in [4.69, 9.17) is 16.6 Å². The summed E-state index contributed by atoms with van der Waals surface area (Å²) in [6.45, 7) is 0. The van der Waals surface area contributed by atoms with E-state index >= 15 is 0 Å². The van der Waals surface area contributed by atoms with Gasteiger partial charge in [-0.15, -0.1) is 0 Å². The maximum absolute atomic E-state index is 6.15. The van der Waals surface area contributed by atoms with Crippen molar-refractivity contribution in [2.75, 3.05) is 0 Å². The number of benzene rings is 1. The number of aromatic nitrogens is 3. The zero-order valence-corrected chi connectivity index (χ0v) is 12.2. The van der Waals surface area contributed by atoms with Crippen molar-refractivity contribution >= 4 is 27.5 Å². The molecule has 2 heterocycles. The van der Waals surface area contributed by atoms with Crippen LogP contribution in [-0.4, -0.2) is 15.2 Å². The highest BCUT2D eigenvalue weighted by atomic mass is 15.2. The molecule has 4 rings (SSSR count). The van der Waals surface area contributed by atoms with Crippen LogP contribution in [0.1, 0.15) is 29.7 Å². The topological polar surface area (TPSA) is 106 Å². The molecule has 1 aliphatic carbocycles. The predicted molar refractivity (Wildman–Crippen MR) is 87.5 cm³/mol. The number of nitrogens with one attached hydrogen (secondary N) is 2. The van der Waals surface area contributed by atoms with Crippen LogP contribution in [-0.2, 0) is 12.8 Å². The van der Waals surface area contributed by atoms with Crippen LogP contribution < -0.4 is 17.0 Å². The molecule has 22 heavy (non-hydrogen) atoms. The molecule has 112 valence electrons. The summed E-state index contributed by atoms with van der Waals surface area (Å²) in [5.74, 6) is 5.37. The van der Waals surface area contributed by atoms with Crippen LogP contribution in [0.3, 0.4) is 0 Å². The van der Waals surface area contributed by atoms with E-state index in [1.807, 2.05) is 18.3 Å². The van der Waals surface area contributed by atoms with E-state index in [9.17, 15) is 0 Å². The minimum absolute atomic E-state index is 0.579. The Hall–Kier alpha value is -2.60. The number of aryl methyl sites for hydroxylation is 1. The van der Waals surface area contributed by atoms with Gasteiger partial charge in [-0.1, -0.05) is 0 Å². The Kier molecular flexibility index (Phi) is 2.97. The van der Waals surface area contributed by atoms with Crippen molar-refractivity contribution in [1.82, 2.24) is 20.6 Å². The zero-order chi connectivity index (χ0) is 15.1. The highest BCUT2D eigenvalue weighted by Gasteiger charge is 2.21.